The van der Waals surface area contributed by atoms with Gasteiger partial charge in [-0.15, -0.1) is 0 Å². The van der Waals surface area contributed by atoms with Crippen molar-refractivity contribution in [3.8, 4) is 22.3 Å². The second kappa shape index (κ2) is 16.4. The first-order valence-electron chi connectivity index (χ1n) is 23.0. The lowest BCUT2D eigenvalue weighted by Gasteiger charge is -2.50. The van der Waals surface area contributed by atoms with E-state index in [1.54, 1.807) is 0 Å². The highest BCUT2D eigenvalue weighted by molar-refractivity contribution is 5.97. The van der Waals surface area contributed by atoms with Gasteiger partial charge in [-0.3, -0.25) is 0 Å². The highest BCUT2D eigenvalue weighted by Gasteiger charge is 2.56. The van der Waals surface area contributed by atoms with E-state index >= 15 is 0 Å². The van der Waals surface area contributed by atoms with Crippen molar-refractivity contribution in [1.82, 2.24) is 0 Å². The molecule has 0 N–H and O–H groups in total. The Morgan fingerprint density at radius 3 is 1.42 bits per heavy atom. The van der Waals surface area contributed by atoms with Crippen LogP contribution in [0.5, 0.6) is 0 Å². The van der Waals surface area contributed by atoms with Crippen LogP contribution < -0.4 is 4.90 Å². The van der Waals surface area contributed by atoms with E-state index in [0.29, 0.717) is 0 Å². The van der Waals surface area contributed by atoms with Crippen LogP contribution in [0.25, 0.3) is 27.8 Å². The van der Waals surface area contributed by atoms with E-state index in [2.05, 4.69) is 268 Å². The molecule has 11 rings (SSSR count). The molecule has 0 saturated heterocycles. The van der Waals surface area contributed by atoms with E-state index in [1.165, 1.54) is 89.2 Å². The smallest absolute Gasteiger partial charge is 0.0720 e. The van der Waals surface area contributed by atoms with E-state index in [1.807, 2.05) is 0 Å². The molecular weight excluding hydrogens is 783 g/mol. The van der Waals surface area contributed by atoms with Gasteiger partial charge >= 0.3 is 0 Å². The quantitative estimate of drug-likeness (QED) is 0.131. The summed E-state index contributed by atoms with van der Waals surface area (Å²) in [4.78, 5) is 2.42. The third-order valence-corrected chi connectivity index (χ3v) is 14.1. The number of hydrogen-bond acceptors (Lipinski definition) is 1. The first-order chi connectivity index (χ1) is 32.0. The van der Waals surface area contributed by atoms with Gasteiger partial charge in [0.25, 0.3) is 0 Å². The maximum Gasteiger partial charge on any atom is 0.0720 e. The number of anilines is 2. The molecule has 2 aliphatic rings. The molecule has 2 aliphatic carbocycles. The molecule has 0 atom stereocenters. The predicted molar refractivity (Wildman–Crippen MR) is 273 cm³/mol. The number of aryl methyl sites for hydroxylation is 1. The van der Waals surface area contributed by atoms with Crippen molar-refractivity contribution in [2.45, 2.75) is 38.0 Å². The molecule has 0 fully saturated rings. The van der Waals surface area contributed by atoms with Gasteiger partial charge in [-0.2, -0.15) is 0 Å². The summed E-state index contributed by atoms with van der Waals surface area (Å²) in [6.45, 7) is 6.59. The molecule has 65 heavy (non-hydrogen) atoms. The van der Waals surface area contributed by atoms with Gasteiger partial charge in [0.2, 0.25) is 0 Å². The van der Waals surface area contributed by atoms with E-state index in [9.17, 15) is 0 Å². The summed E-state index contributed by atoms with van der Waals surface area (Å²) in [6, 6.07) is 85.9. The first-order valence-corrected chi connectivity index (χ1v) is 23.0. The van der Waals surface area contributed by atoms with E-state index in [0.717, 1.165) is 17.8 Å². The summed E-state index contributed by atoms with van der Waals surface area (Å²) in [5.41, 5.74) is 21.7. The average Bonchev–Trinajstić information content (AvgIpc) is 3.68. The molecule has 0 aliphatic heterocycles. The number of allylic oxidation sites excluding steroid dienone is 4. The zero-order valence-corrected chi connectivity index (χ0v) is 37.2. The fourth-order valence-corrected chi connectivity index (χ4v) is 11.2. The molecule has 1 spiro atoms. The van der Waals surface area contributed by atoms with E-state index in [4.69, 9.17) is 0 Å². The van der Waals surface area contributed by atoms with Crippen LogP contribution in [0.1, 0.15) is 75.9 Å². The second-order valence-corrected chi connectivity index (χ2v) is 17.5. The van der Waals surface area contributed by atoms with Crippen LogP contribution in [-0.4, -0.2) is 0 Å². The SMILES string of the molecule is CC/C(=C\C=C(/C)c1ccccc1)N(c1ccc(C)cc1)c1ccc(-c2cccc3c2-c2ccccc2C32c3ccccc3C(c3ccccc3)(c3ccccc3)c3ccccc32)cc1. The van der Waals surface area contributed by atoms with Gasteiger partial charge in [0.15, 0.2) is 0 Å². The standard InChI is InChI=1S/C64H51N/c1-4-51(42-37-46(3)47-21-8-5-9-22-47)65(52-40-35-45(2)36-41-52)53-43-38-48(39-44-53)54-28-20-34-61-62(54)55-27-14-15-29-56(55)64(61)59-32-18-16-30-57(59)63(49-23-10-6-11-24-49,50-25-12-7-13-26-50)58-31-17-19-33-60(58)64/h5-44H,4H2,1-3H3/b46-37+,51-42+. The predicted octanol–water partition coefficient (Wildman–Crippen LogP) is 16.3. The fourth-order valence-electron chi connectivity index (χ4n) is 11.2. The van der Waals surface area contributed by atoms with Crippen LogP contribution in [0.3, 0.4) is 0 Å². The molecule has 9 aromatic carbocycles. The monoisotopic (exact) mass is 833 g/mol. The highest BCUT2D eigenvalue weighted by Crippen LogP contribution is 2.65. The maximum atomic E-state index is 2.42. The summed E-state index contributed by atoms with van der Waals surface area (Å²) in [7, 11) is 0. The van der Waals surface area contributed by atoms with Gasteiger partial charge in [-0.1, -0.05) is 225 Å². The van der Waals surface area contributed by atoms with Crippen LogP contribution >= 0.6 is 0 Å². The molecule has 9 aromatic rings. The molecule has 0 radical (unpaired) electrons. The molecular formula is C64H51N. The summed E-state index contributed by atoms with van der Waals surface area (Å²) >= 11 is 0. The number of rotatable bonds is 9. The normalized spacial score (nSPS) is 14.3. The van der Waals surface area contributed by atoms with Gasteiger partial charge in [-0.05, 0) is 129 Å². The van der Waals surface area contributed by atoms with Gasteiger partial charge in [0.1, 0.15) is 0 Å². The fraction of sp³-hybridized carbons (Fsp3) is 0.0938. The molecule has 0 bridgehead atoms. The highest BCUT2D eigenvalue weighted by atomic mass is 15.1. The Morgan fingerprint density at radius 2 is 0.862 bits per heavy atom. The van der Waals surface area contributed by atoms with Crippen molar-refractivity contribution in [2.75, 3.05) is 4.90 Å². The molecule has 0 amide bonds. The summed E-state index contributed by atoms with van der Waals surface area (Å²) < 4.78 is 0. The third-order valence-electron chi connectivity index (χ3n) is 14.1. The molecule has 0 aromatic heterocycles. The summed E-state index contributed by atoms with van der Waals surface area (Å²) in [5.74, 6) is 0. The largest absolute Gasteiger partial charge is 0.314 e. The maximum absolute atomic E-state index is 2.42. The summed E-state index contributed by atoms with van der Waals surface area (Å²) in [6.07, 6.45) is 5.42. The topological polar surface area (TPSA) is 3.24 Å². The Bertz CT molecular complexity index is 3140. The number of fused-ring (bicyclic) bond motifs is 9. The minimum absolute atomic E-state index is 0.531. The Labute approximate surface area is 384 Å². The van der Waals surface area contributed by atoms with Crippen LogP contribution in [0.4, 0.5) is 11.4 Å². The second-order valence-electron chi connectivity index (χ2n) is 17.5. The lowest BCUT2D eigenvalue weighted by molar-refractivity contribution is 0.623. The lowest BCUT2D eigenvalue weighted by Crippen LogP contribution is -2.44. The van der Waals surface area contributed by atoms with Crippen molar-refractivity contribution in [2.24, 2.45) is 0 Å². The van der Waals surface area contributed by atoms with Crippen LogP contribution in [0.15, 0.2) is 248 Å². The van der Waals surface area contributed by atoms with Crippen molar-refractivity contribution < 1.29 is 0 Å². The Morgan fingerprint density at radius 1 is 0.415 bits per heavy atom. The minimum Gasteiger partial charge on any atom is -0.314 e. The van der Waals surface area contributed by atoms with Crippen LogP contribution in [-0.2, 0) is 10.8 Å². The molecule has 1 heteroatoms. The van der Waals surface area contributed by atoms with Gasteiger partial charge in [0.05, 0.1) is 10.8 Å². The van der Waals surface area contributed by atoms with E-state index < -0.39 is 10.8 Å². The van der Waals surface area contributed by atoms with Crippen molar-refractivity contribution in [3.05, 3.63) is 304 Å². The van der Waals surface area contributed by atoms with Gasteiger partial charge < -0.3 is 4.90 Å². The molecule has 0 unspecified atom stereocenters. The molecule has 1 nitrogen and oxygen atoms in total. The molecule has 312 valence electrons. The lowest BCUT2D eigenvalue weighted by atomic mass is 9.51. The van der Waals surface area contributed by atoms with Crippen molar-refractivity contribution in [3.63, 3.8) is 0 Å². The number of nitrogens with zero attached hydrogens (tertiary/aromatic N) is 1. The minimum atomic E-state index is -0.545. The van der Waals surface area contributed by atoms with Gasteiger partial charge in [0, 0.05) is 17.1 Å². The van der Waals surface area contributed by atoms with E-state index in [-0.39, 0.29) is 0 Å². The van der Waals surface area contributed by atoms with Crippen molar-refractivity contribution in [1.29, 1.82) is 0 Å². The Hall–Kier alpha value is -7.74. The van der Waals surface area contributed by atoms with Crippen LogP contribution in [0.2, 0.25) is 0 Å². The number of benzene rings is 9. The zero-order valence-electron chi connectivity index (χ0n) is 37.2. The van der Waals surface area contributed by atoms with Crippen molar-refractivity contribution >= 4 is 16.9 Å². The Kier molecular flexibility index (Phi) is 10.1. The number of hydrogen-bond donors (Lipinski definition) is 0. The van der Waals surface area contributed by atoms with Crippen LogP contribution in [0, 0.1) is 6.92 Å². The first kappa shape index (κ1) is 40.1. The average molecular weight is 834 g/mol. The molecule has 0 saturated carbocycles. The zero-order chi connectivity index (χ0) is 44.0. The molecule has 0 heterocycles. The third kappa shape index (κ3) is 6.29. The summed E-state index contributed by atoms with van der Waals surface area (Å²) in [5, 5.41) is 0. The van der Waals surface area contributed by atoms with Gasteiger partial charge in [-0.25, -0.2) is 0 Å². The Balaban J connectivity index is 1.10.